The molecule has 0 fully saturated rings. The van der Waals surface area contributed by atoms with E-state index in [9.17, 15) is 0 Å². The highest BCUT2D eigenvalue weighted by Gasteiger charge is 2.15. The van der Waals surface area contributed by atoms with Crippen LogP contribution >= 0.6 is 0 Å². The van der Waals surface area contributed by atoms with Crippen LogP contribution in [0.4, 0.5) is 0 Å². The molecule has 9 aromatic rings. The number of benzene rings is 8. The molecule has 0 N–H and O–H groups in total. The third-order valence-corrected chi connectivity index (χ3v) is 10.4. The molecule has 3 nitrogen and oxygen atoms in total. The normalized spacial score (nSPS) is 11.9. The van der Waals surface area contributed by atoms with Crippen LogP contribution in [0.25, 0.3) is 72.0 Å². The van der Waals surface area contributed by atoms with Gasteiger partial charge in [0.1, 0.15) is 0 Å². The van der Waals surface area contributed by atoms with Gasteiger partial charge in [-0.3, -0.25) is 0 Å². The molecule has 0 aliphatic carbocycles. The maximum absolute atomic E-state index is 5.31. The second-order valence-corrected chi connectivity index (χ2v) is 14.1. The van der Waals surface area contributed by atoms with Gasteiger partial charge >= 0.3 is 0 Å². The van der Waals surface area contributed by atoms with Crippen LogP contribution in [0.5, 0.6) is 0 Å². The second-order valence-electron chi connectivity index (χ2n) is 14.1. The fraction of sp³-hybridized carbons (Fsp3) is 0.0185. The number of allylic oxidation sites excluding steroid dienone is 1. The molecule has 0 aliphatic rings. The Morgan fingerprint density at radius 3 is 1.79 bits per heavy atom. The minimum absolute atomic E-state index is 0.564. The van der Waals surface area contributed by atoms with E-state index in [2.05, 4.69) is 212 Å². The highest BCUT2D eigenvalue weighted by molar-refractivity contribution is 6.14. The topological polar surface area (TPSA) is 37.6 Å². The molecule has 3 heteroatoms. The highest BCUT2D eigenvalue weighted by atomic mass is 14.9. The molecule has 9 rings (SSSR count). The lowest BCUT2D eigenvalue weighted by Gasteiger charge is -2.14. The van der Waals surface area contributed by atoms with Gasteiger partial charge in [0.2, 0.25) is 0 Å². The minimum Gasteiger partial charge on any atom is -0.248 e. The summed E-state index contributed by atoms with van der Waals surface area (Å²) in [6.45, 7) is 4.00. The molecule has 57 heavy (non-hydrogen) atoms. The van der Waals surface area contributed by atoms with Crippen LogP contribution in [0.15, 0.2) is 222 Å². The van der Waals surface area contributed by atoms with Crippen LogP contribution in [-0.4, -0.2) is 17.5 Å². The molecule has 0 saturated carbocycles. The standard InChI is InChI=1S/C54H39N3/c1-55-54(47-28-14-25-44(35-47)40-19-7-3-8-20-40)57-50(32-30-38-16-13-24-43(34-38)39-17-5-2-6-18-39)46-27-15-26-45(36-46)49-37-52(42-22-9-4-10-23-42)56-51-33-31-41-21-11-12-29-48(41)53(49)51/h2-29,31-37H,1,30H2/b50-32-,57-54-. The van der Waals surface area contributed by atoms with Crippen LogP contribution in [0.3, 0.4) is 0 Å². The average Bonchev–Trinajstić information content (AvgIpc) is 3.29. The van der Waals surface area contributed by atoms with E-state index in [4.69, 9.17) is 9.98 Å². The molecule has 0 saturated heterocycles. The monoisotopic (exact) mass is 729 g/mol. The largest absolute Gasteiger partial charge is 0.248 e. The zero-order chi connectivity index (χ0) is 38.4. The van der Waals surface area contributed by atoms with Crippen molar-refractivity contribution < 1.29 is 0 Å². The van der Waals surface area contributed by atoms with E-state index in [1.54, 1.807) is 0 Å². The number of pyridine rings is 1. The Balaban J connectivity index is 1.20. The van der Waals surface area contributed by atoms with Crippen molar-refractivity contribution in [1.29, 1.82) is 0 Å². The van der Waals surface area contributed by atoms with E-state index in [-0.39, 0.29) is 0 Å². The molecule has 0 unspecified atom stereocenters. The summed E-state index contributed by atoms with van der Waals surface area (Å²) in [5.41, 5.74) is 13.7. The Morgan fingerprint density at radius 2 is 1.07 bits per heavy atom. The van der Waals surface area contributed by atoms with Crippen LogP contribution in [0.2, 0.25) is 0 Å². The van der Waals surface area contributed by atoms with Crippen LogP contribution < -0.4 is 0 Å². The summed E-state index contributed by atoms with van der Waals surface area (Å²) in [6.07, 6.45) is 2.89. The molecule has 0 aliphatic heterocycles. The summed E-state index contributed by atoms with van der Waals surface area (Å²) in [7, 11) is 0. The molecule has 8 aromatic carbocycles. The van der Waals surface area contributed by atoms with Crippen molar-refractivity contribution in [3.05, 3.63) is 229 Å². The third kappa shape index (κ3) is 7.60. The molecule has 0 bridgehead atoms. The van der Waals surface area contributed by atoms with Crippen molar-refractivity contribution in [2.75, 3.05) is 0 Å². The first-order chi connectivity index (χ1) is 28.2. The van der Waals surface area contributed by atoms with E-state index in [0.29, 0.717) is 12.3 Å². The first-order valence-corrected chi connectivity index (χ1v) is 19.2. The zero-order valence-corrected chi connectivity index (χ0v) is 31.5. The maximum Gasteiger partial charge on any atom is 0.159 e. The SMILES string of the molecule is C=N/C(=N\C(=C/Cc1cccc(-c2ccccc2)c1)c1cccc(-c2cc(-c3ccccc3)nc3ccc4ccccc4c23)c1)c1cccc(-c2ccccc2)c1. The molecule has 1 aromatic heterocycles. The summed E-state index contributed by atoms with van der Waals surface area (Å²) in [6, 6.07) is 72.2. The fourth-order valence-corrected chi connectivity index (χ4v) is 7.56. The van der Waals surface area contributed by atoms with Gasteiger partial charge in [0.05, 0.1) is 16.9 Å². The van der Waals surface area contributed by atoms with E-state index in [1.807, 2.05) is 12.1 Å². The molecule has 270 valence electrons. The molecule has 0 spiro atoms. The number of hydrogen-bond acceptors (Lipinski definition) is 2. The number of hydrogen-bond donors (Lipinski definition) is 0. The van der Waals surface area contributed by atoms with Gasteiger partial charge < -0.3 is 0 Å². The first kappa shape index (κ1) is 35.2. The number of rotatable bonds is 9. The summed E-state index contributed by atoms with van der Waals surface area (Å²) in [4.78, 5) is 15.0. The molecule has 0 amide bonds. The lowest BCUT2D eigenvalue weighted by Crippen LogP contribution is -1.99. The van der Waals surface area contributed by atoms with Crippen molar-refractivity contribution in [2.45, 2.75) is 6.42 Å². The van der Waals surface area contributed by atoms with Crippen LogP contribution in [0.1, 0.15) is 16.7 Å². The Labute approximate surface area is 333 Å². The number of fused-ring (bicyclic) bond motifs is 3. The Hall–Kier alpha value is -7.49. The predicted molar refractivity (Wildman–Crippen MR) is 242 cm³/mol. The Bertz CT molecular complexity index is 2930. The lowest BCUT2D eigenvalue weighted by molar-refractivity contribution is 1.26. The van der Waals surface area contributed by atoms with Gasteiger partial charge in [0.15, 0.2) is 5.84 Å². The van der Waals surface area contributed by atoms with Gasteiger partial charge in [-0.1, -0.05) is 188 Å². The van der Waals surface area contributed by atoms with Crippen molar-refractivity contribution in [2.24, 2.45) is 9.98 Å². The Morgan fingerprint density at radius 1 is 0.491 bits per heavy atom. The van der Waals surface area contributed by atoms with Crippen molar-refractivity contribution in [3.8, 4) is 44.6 Å². The number of aromatic nitrogens is 1. The summed E-state index contributed by atoms with van der Waals surface area (Å²) >= 11 is 0. The van der Waals surface area contributed by atoms with Crippen LogP contribution in [0, 0.1) is 0 Å². The quantitative estimate of drug-likeness (QED) is 0.0828. The first-order valence-electron chi connectivity index (χ1n) is 19.2. The van der Waals surface area contributed by atoms with Crippen molar-refractivity contribution in [3.63, 3.8) is 0 Å². The summed E-state index contributed by atoms with van der Waals surface area (Å²) < 4.78 is 0. The Kier molecular flexibility index (Phi) is 9.94. The lowest BCUT2D eigenvalue weighted by atomic mass is 9.93. The molecule has 0 atom stereocenters. The minimum atomic E-state index is 0.564. The number of amidine groups is 1. The van der Waals surface area contributed by atoms with Gasteiger partial charge in [-0.15, -0.1) is 0 Å². The molecule has 1 heterocycles. The number of nitrogens with zero attached hydrogens (tertiary/aromatic N) is 3. The van der Waals surface area contributed by atoms with E-state index in [0.717, 1.165) is 61.2 Å². The predicted octanol–water partition coefficient (Wildman–Crippen LogP) is 13.8. The molecule has 0 radical (unpaired) electrons. The van der Waals surface area contributed by atoms with Gasteiger partial charge in [-0.25, -0.2) is 15.0 Å². The van der Waals surface area contributed by atoms with Crippen LogP contribution in [-0.2, 0) is 6.42 Å². The fourth-order valence-electron chi connectivity index (χ4n) is 7.56. The zero-order valence-electron chi connectivity index (χ0n) is 31.5. The van der Waals surface area contributed by atoms with Gasteiger partial charge in [-0.05, 0) is 87.1 Å². The molecular weight excluding hydrogens is 691 g/mol. The van der Waals surface area contributed by atoms with Gasteiger partial charge in [0, 0.05) is 22.1 Å². The van der Waals surface area contributed by atoms with Crippen molar-refractivity contribution in [1.82, 2.24) is 4.98 Å². The highest BCUT2D eigenvalue weighted by Crippen LogP contribution is 2.38. The van der Waals surface area contributed by atoms with Crippen molar-refractivity contribution >= 4 is 39.9 Å². The second kappa shape index (κ2) is 16.1. The van der Waals surface area contributed by atoms with E-state index >= 15 is 0 Å². The number of aliphatic imine (C=N–C) groups is 2. The van der Waals surface area contributed by atoms with E-state index < -0.39 is 0 Å². The van der Waals surface area contributed by atoms with Gasteiger partial charge in [-0.2, -0.15) is 0 Å². The molecular formula is C54H39N3. The average molecular weight is 730 g/mol. The summed E-state index contributed by atoms with van der Waals surface area (Å²) in [5, 5.41) is 3.48. The summed E-state index contributed by atoms with van der Waals surface area (Å²) in [5.74, 6) is 0.564. The smallest absolute Gasteiger partial charge is 0.159 e. The van der Waals surface area contributed by atoms with Gasteiger partial charge in [0.25, 0.3) is 0 Å². The maximum atomic E-state index is 5.31. The third-order valence-electron chi connectivity index (χ3n) is 10.4. The van der Waals surface area contributed by atoms with E-state index in [1.165, 1.54) is 27.5 Å².